The molecule has 9 aromatic rings. The van der Waals surface area contributed by atoms with E-state index in [1.807, 2.05) is 0 Å². The highest BCUT2D eigenvalue weighted by Crippen LogP contribution is 2.40. The first-order valence-corrected chi connectivity index (χ1v) is 17.5. The van der Waals surface area contributed by atoms with Crippen LogP contribution in [0.5, 0.6) is 0 Å². The number of nitrogens with zero attached hydrogens (tertiary/aromatic N) is 1. The van der Waals surface area contributed by atoms with Gasteiger partial charge in [0.2, 0.25) is 0 Å². The zero-order chi connectivity index (χ0) is 34.0. The third-order valence-electron chi connectivity index (χ3n) is 9.86. The molecule has 0 spiro atoms. The van der Waals surface area contributed by atoms with Crippen molar-refractivity contribution in [3.05, 3.63) is 212 Å². The van der Waals surface area contributed by atoms with Crippen LogP contribution in [0.25, 0.3) is 66.1 Å². The van der Waals surface area contributed by atoms with Gasteiger partial charge in [-0.1, -0.05) is 170 Å². The highest BCUT2D eigenvalue weighted by Gasteiger charge is 2.15. The molecule has 0 aliphatic carbocycles. The smallest absolute Gasteiger partial charge is 0.0467 e. The number of fused-ring (bicyclic) bond motifs is 2. The van der Waals surface area contributed by atoms with E-state index in [1.54, 1.807) is 0 Å². The number of anilines is 3. The standard InChI is InChI=1S/C50H35N/c1-2-12-36(13-3-1)37-26-30-44(31-27-37)51(46-21-9-20-43(35-46)50-25-11-17-40-15-5-7-23-48(40)50)45-32-28-38(29-33-45)41-18-8-19-42(34-41)49-24-10-16-39-14-4-6-22-47(39)49/h1-35H. The summed E-state index contributed by atoms with van der Waals surface area (Å²) < 4.78 is 0. The molecule has 0 aliphatic rings. The Labute approximate surface area is 299 Å². The largest absolute Gasteiger partial charge is 0.310 e. The van der Waals surface area contributed by atoms with Crippen molar-refractivity contribution >= 4 is 38.6 Å². The monoisotopic (exact) mass is 649 g/mol. The fraction of sp³-hybridized carbons (Fsp3) is 0. The molecular formula is C50H35N. The molecular weight excluding hydrogens is 615 g/mol. The molecule has 9 aromatic carbocycles. The quantitative estimate of drug-likeness (QED) is 0.166. The van der Waals surface area contributed by atoms with Gasteiger partial charge in [0.15, 0.2) is 0 Å². The van der Waals surface area contributed by atoms with Gasteiger partial charge in [0.05, 0.1) is 0 Å². The van der Waals surface area contributed by atoms with Gasteiger partial charge in [-0.05, 0) is 109 Å². The van der Waals surface area contributed by atoms with E-state index in [9.17, 15) is 0 Å². The van der Waals surface area contributed by atoms with Crippen molar-refractivity contribution < 1.29 is 0 Å². The SMILES string of the molecule is c1ccc(-c2ccc(N(c3ccc(-c4cccc(-c5cccc6ccccc56)c4)cc3)c3cccc(-c4cccc5ccccc45)c3)cc2)cc1. The predicted octanol–water partition coefficient (Wildman–Crippen LogP) is 14.1. The van der Waals surface area contributed by atoms with E-state index in [0.717, 1.165) is 17.1 Å². The Balaban J connectivity index is 1.11. The summed E-state index contributed by atoms with van der Waals surface area (Å²) in [6.07, 6.45) is 0. The maximum Gasteiger partial charge on any atom is 0.0467 e. The second-order valence-electron chi connectivity index (χ2n) is 13.0. The summed E-state index contributed by atoms with van der Waals surface area (Å²) >= 11 is 0. The van der Waals surface area contributed by atoms with Crippen LogP contribution in [0.15, 0.2) is 212 Å². The lowest BCUT2D eigenvalue weighted by atomic mass is 9.95. The summed E-state index contributed by atoms with van der Waals surface area (Å²) in [5, 5.41) is 5.03. The first-order chi connectivity index (χ1) is 25.3. The Morgan fingerprint density at radius 2 is 0.647 bits per heavy atom. The van der Waals surface area contributed by atoms with E-state index < -0.39 is 0 Å². The minimum Gasteiger partial charge on any atom is -0.310 e. The summed E-state index contributed by atoms with van der Waals surface area (Å²) in [4.78, 5) is 2.36. The van der Waals surface area contributed by atoms with Crippen LogP contribution in [0.1, 0.15) is 0 Å². The Hall–Kier alpha value is -6.70. The zero-order valence-electron chi connectivity index (χ0n) is 28.2. The van der Waals surface area contributed by atoms with E-state index in [1.165, 1.54) is 66.1 Å². The van der Waals surface area contributed by atoms with Crippen molar-refractivity contribution in [3.63, 3.8) is 0 Å². The van der Waals surface area contributed by atoms with Crippen LogP contribution >= 0.6 is 0 Å². The fourth-order valence-corrected chi connectivity index (χ4v) is 7.32. The number of hydrogen-bond acceptors (Lipinski definition) is 1. The van der Waals surface area contributed by atoms with E-state index in [0.29, 0.717) is 0 Å². The molecule has 0 saturated carbocycles. The molecule has 0 heterocycles. The van der Waals surface area contributed by atoms with Gasteiger partial charge in [-0.25, -0.2) is 0 Å². The average molecular weight is 650 g/mol. The molecule has 51 heavy (non-hydrogen) atoms. The van der Waals surface area contributed by atoms with Crippen molar-refractivity contribution in [3.8, 4) is 44.5 Å². The Kier molecular flexibility index (Phi) is 7.92. The Bertz CT molecular complexity index is 2610. The van der Waals surface area contributed by atoms with Crippen molar-refractivity contribution in [2.24, 2.45) is 0 Å². The lowest BCUT2D eigenvalue weighted by molar-refractivity contribution is 1.28. The molecule has 0 fully saturated rings. The third-order valence-corrected chi connectivity index (χ3v) is 9.86. The molecule has 0 N–H and O–H groups in total. The lowest BCUT2D eigenvalue weighted by Gasteiger charge is -2.26. The maximum absolute atomic E-state index is 2.36. The Morgan fingerprint density at radius 1 is 0.235 bits per heavy atom. The second-order valence-corrected chi connectivity index (χ2v) is 13.0. The molecule has 9 rings (SSSR count). The van der Waals surface area contributed by atoms with Crippen LogP contribution in [0.4, 0.5) is 17.1 Å². The molecule has 0 aromatic heterocycles. The van der Waals surface area contributed by atoms with Crippen LogP contribution in [-0.4, -0.2) is 0 Å². The normalized spacial score (nSPS) is 11.1. The third kappa shape index (κ3) is 5.96. The molecule has 0 unspecified atom stereocenters. The van der Waals surface area contributed by atoms with E-state index in [4.69, 9.17) is 0 Å². The van der Waals surface area contributed by atoms with Gasteiger partial charge >= 0.3 is 0 Å². The number of benzene rings is 9. The van der Waals surface area contributed by atoms with Crippen LogP contribution in [0.3, 0.4) is 0 Å². The summed E-state index contributed by atoms with van der Waals surface area (Å²) in [5.41, 5.74) is 13.0. The highest BCUT2D eigenvalue weighted by atomic mass is 15.1. The maximum atomic E-state index is 2.36. The molecule has 0 aliphatic heterocycles. The van der Waals surface area contributed by atoms with Gasteiger partial charge in [-0.2, -0.15) is 0 Å². The highest BCUT2D eigenvalue weighted by molar-refractivity contribution is 5.98. The molecule has 1 heteroatoms. The lowest BCUT2D eigenvalue weighted by Crippen LogP contribution is -2.10. The predicted molar refractivity (Wildman–Crippen MR) is 218 cm³/mol. The van der Waals surface area contributed by atoms with Gasteiger partial charge in [0.1, 0.15) is 0 Å². The van der Waals surface area contributed by atoms with Crippen LogP contribution in [0, 0.1) is 0 Å². The van der Waals surface area contributed by atoms with Gasteiger partial charge in [0, 0.05) is 17.1 Å². The van der Waals surface area contributed by atoms with Crippen molar-refractivity contribution in [2.45, 2.75) is 0 Å². The minimum atomic E-state index is 1.10. The van der Waals surface area contributed by atoms with Crippen LogP contribution in [0.2, 0.25) is 0 Å². The molecule has 1 nitrogen and oxygen atoms in total. The fourth-order valence-electron chi connectivity index (χ4n) is 7.32. The van der Waals surface area contributed by atoms with Gasteiger partial charge in [0.25, 0.3) is 0 Å². The summed E-state index contributed by atoms with van der Waals surface area (Å²) in [6, 6.07) is 76.6. The second kappa shape index (κ2) is 13.3. The first kappa shape index (κ1) is 30.4. The molecule has 0 bridgehead atoms. The topological polar surface area (TPSA) is 3.24 Å². The van der Waals surface area contributed by atoms with Crippen molar-refractivity contribution in [1.82, 2.24) is 0 Å². The van der Waals surface area contributed by atoms with Crippen LogP contribution < -0.4 is 4.90 Å². The van der Waals surface area contributed by atoms with E-state index >= 15 is 0 Å². The van der Waals surface area contributed by atoms with Gasteiger partial charge < -0.3 is 4.90 Å². The van der Waals surface area contributed by atoms with Crippen molar-refractivity contribution in [2.75, 3.05) is 4.90 Å². The molecule has 0 atom stereocenters. The Morgan fingerprint density at radius 3 is 1.25 bits per heavy atom. The molecule has 0 radical (unpaired) electrons. The molecule has 240 valence electrons. The number of rotatable bonds is 7. The summed E-state index contributed by atoms with van der Waals surface area (Å²) in [6.45, 7) is 0. The number of hydrogen-bond donors (Lipinski definition) is 0. The summed E-state index contributed by atoms with van der Waals surface area (Å²) in [7, 11) is 0. The van der Waals surface area contributed by atoms with Crippen molar-refractivity contribution in [1.29, 1.82) is 0 Å². The van der Waals surface area contributed by atoms with E-state index in [-0.39, 0.29) is 0 Å². The van der Waals surface area contributed by atoms with E-state index in [2.05, 4.69) is 217 Å². The first-order valence-electron chi connectivity index (χ1n) is 17.5. The van der Waals surface area contributed by atoms with Gasteiger partial charge in [-0.15, -0.1) is 0 Å². The molecule has 0 saturated heterocycles. The van der Waals surface area contributed by atoms with Crippen LogP contribution in [-0.2, 0) is 0 Å². The summed E-state index contributed by atoms with van der Waals surface area (Å²) in [5.74, 6) is 0. The van der Waals surface area contributed by atoms with Gasteiger partial charge in [-0.3, -0.25) is 0 Å². The molecule has 0 amide bonds. The minimum absolute atomic E-state index is 1.10. The average Bonchev–Trinajstić information content (AvgIpc) is 3.21. The zero-order valence-corrected chi connectivity index (χ0v) is 28.2.